The molecule has 0 radical (unpaired) electrons. The van der Waals surface area contributed by atoms with Gasteiger partial charge in [0.05, 0.1) is 31.9 Å². The number of hydrogen-bond acceptors (Lipinski definition) is 4. The van der Waals surface area contributed by atoms with Crippen molar-refractivity contribution in [3.8, 4) is 0 Å². The van der Waals surface area contributed by atoms with Crippen molar-refractivity contribution in [2.45, 2.75) is 6.54 Å². The van der Waals surface area contributed by atoms with Crippen LogP contribution in [-0.4, -0.2) is 27.6 Å². The number of imidazole rings is 1. The van der Waals surface area contributed by atoms with Gasteiger partial charge in [-0.3, -0.25) is 4.98 Å². The van der Waals surface area contributed by atoms with E-state index in [4.69, 9.17) is 0 Å². The van der Waals surface area contributed by atoms with Crippen LogP contribution in [0.25, 0.3) is 6.08 Å². The van der Waals surface area contributed by atoms with Crippen LogP contribution in [0.5, 0.6) is 0 Å². The van der Waals surface area contributed by atoms with Gasteiger partial charge < -0.3 is 9.30 Å². The van der Waals surface area contributed by atoms with Crippen LogP contribution in [0, 0.1) is 5.95 Å². The van der Waals surface area contributed by atoms with Crippen molar-refractivity contribution in [1.29, 1.82) is 0 Å². The van der Waals surface area contributed by atoms with Crippen LogP contribution in [0.4, 0.5) is 4.39 Å². The molecule has 0 aliphatic rings. The maximum atomic E-state index is 12.7. The van der Waals surface area contributed by atoms with E-state index in [1.165, 1.54) is 25.7 Å². The lowest BCUT2D eigenvalue weighted by atomic mass is 10.2. The summed E-state index contributed by atoms with van der Waals surface area (Å²) in [6, 6.07) is 3.61. The highest BCUT2D eigenvalue weighted by Crippen LogP contribution is 2.05. The Kier molecular flexibility index (Phi) is 4.02. The predicted molar refractivity (Wildman–Crippen MR) is 66.6 cm³/mol. The summed E-state index contributed by atoms with van der Waals surface area (Å²) in [5.74, 6) is -0.935. The second-order valence-electron chi connectivity index (χ2n) is 3.81. The number of hydrogen-bond donors (Lipinski definition) is 0. The van der Waals surface area contributed by atoms with Crippen LogP contribution in [0.1, 0.15) is 11.3 Å². The van der Waals surface area contributed by atoms with Gasteiger partial charge in [0, 0.05) is 12.3 Å². The Labute approximate surface area is 109 Å². The van der Waals surface area contributed by atoms with E-state index in [0.29, 0.717) is 6.54 Å². The van der Waals surface area contributed by atoms with Crippen molar-refractivity contribution in [2.75, 3.05) is 7.11 Å². The van der Waals surface area contributed by atoms with Crippen LogP contribution in [0.2, 0.25) is 0 Å². The summed E-state index contributed by atoms with van der Waals surface area (Å²) in [6.07, 6.45) is 7.26. The van der Waals surface area contributed by atoms with E-state index in [-0.39, 0.29) is 0 Å². The predicted octanol–water partition coefficient (Wildman–Crippen LogP) is 1.65. The molecular formula is C13H12FN3O2. The fourth-order valence-electron chi connectivity index (χ4n) is 1.47. The van der Waals surface area contributed by atoms with Gasteiger partial charge in [-0.05, 0) is 17.7 Å². The van der Waals surface area contributed by atoms with Crippen LogP contribution in [0.3, 0.4) is 0 Å². The quantitative estimate of drug-likeness (QED) is 0.620. The molecule has 2 aromatic rings. The number of carbonyl (C=O) groups excluding carboxylic acids is 1. The van der Waals surface area contributed by atoms with Gasteiger partial charge in [0.2, 0.25) is 5.95 Å². The third kappa shape index (κ3) is 3.74. The Morgan fingerprint density at radius 3 is 2.89 bits per heavy atom. The first kappa shape index (κ1) is 12.9. The Morgan fingerprint density at radius 2 is 2.32 bits per heavy atom. The fourth-order valence-corrected chi connectivity index (χ4v) is 1.47. The van der Waals surface area contributed by atoms with E-state index < -0.39 is 11.9 Å². The second-order valence-corrected chi connectivity index (χ2v) is 3.81. The smallest absolute Gasteiger partial charge is 0.330 e. The summed E-state index contributed by atoms with van der Waals surface area (Å²) in [5, 5.41) is 0. The molecule has 0 atom stereocenters. The summed E-state index contributed by atoms with van der Waals surface area (Å²) >= 11 is 0. The highest BCUT2D eigenvalue weighted by molar-refractivity contribution is 5.86. The normalized spacial score (nSPS) is 10.8. The van der Waals surface area contributed by atoms with Gasteiger partial charge in [0.1, 0.15) is 0 Å². The lowest BCUT2D eigenvalue weighted by molar-refractivity contribution is -0.134. The molecule has 0 N–H and O–H groups in total. The zero-order valence-corrected chi connectivity index (χ0v) is 10.3. The molecule has 0 unspecified atom stereocenters. The monoisotopic (exact) mass is 261 g/mol. The minimum Gasteiger partial charge on any atom is -0.466 e. The van der Waals surface area contributed by atoms with E-state index in [2.05, 4.69) is 14.7 Å². The minimum absolute atomic E-state index is 0.419. The molecule has 0 amide bonds. The maximum Gasteiger partial charge on any atom is 0.330 e. The molecule has 2 aromatic heterocycles. The standard InChI is InChI=1S/C13H12FN3O2/c1-19-13(18)5-3-10-2-4-11(15-6-10)7-17-8-12(14)16-9-17/h2-6,8-9H,7H2,1H3/b5-3+. The number of pyridine rings is 1. The highest BCUT2D eigenvalue weighted by Gasteiger charge is 1.99. The number of halogens is 1. The minimum atomic E-state index is -0.516. The van der Waals surface area contributed by atoms with E-state index in [9.17, 15) is 9.18 Å². The lowest BCUT2D eigenvalue weighted by Gasteiger charge is -2.01. The summed E-state index contributed by atoms with van der Waals surface area (Å²) in [4.78, 5) is 18.6. The van der Waals surface area contributed by atoms with Crippen LogP contribution >= 0.6 is 0 Å². The first-order chi connectivity index (χ1) is 9.17. The first-order valence-corrected chi connectivity index (χ1v) is 5.55. The van der Waals surface area contributed by atoms with E-state index >= 15 is 0 Å². The zero-order chi connectivity index (χ0) is 13.7. The van der Waals surface area contributed by atoms with Gasteiger partial charge in [-0.2, -0.15) is 4.39 Å². The number of carbonyl (C=O) groups is 1. The Bertz CT molecular complexity index is 590. The van der Waals surface area contributed by atoms with Crippen molar-refractivity contribution in [1.82, 2.24) is 14.5 Å². The number of nitrogens with zero attached hydrogens (tertiary/aromatic N) is 3. The molecular weight excluding hydrogens is 249 g/mol. The van der Waals surface area contributed by atoms with Crippen molar-refractivity contribution in [3.63, 3.8) is 0 Å². The third-order valence-electron chi connectivity index (χ3n) is 2.41. The molecule has 2 rings (SSSR count). The number of rotatable bonds is 4. The molecule has 98 valence electrons. The SMILES string of the molecule is COC(=O)/C=C/c1ccc(Cn2cnc(F)c2)nc1. The Hall–Kier alpha value is -2.50. The first-order valence-electron chi connectivity index (χ1n) is 5.55. The molecule has 0 fully saturated rings. The molecule has 6 heteroatoms. The summed E-state index contributed by atoms with van der Waals surface area (Å²) < 4.78 is 18.8. The largest absolute Gasteiger partial charge is 0.466 e. The van der Waals surface area contributed by atoms with Gasteiger partial charge >= 0.3 is 5.97 Å². The molecule has 19 heavy (non-hydrogen) atoms. The average molecular weight is 261 g/mol. The average Bonchev–Trinajstić information content (AvgIpc) is 2.83. The van der Waals surface area contributed by atoms with Crippen LogP contribution < -0.4 is 0 Å². The van der Waals surface area contributed by atoms with Gasteiger partial charge in [-0.15, -0.1) is 0 Å². The molecule has 5 nitrogen and oxygen atoms in total. The van der Waals surface area contributed by atoms with Crippen LogP contribution in [0.15, 0.2) is 36.9 Å². The molecule has 2 heterocycles. The second kappa shape index (κ2) is 5.90. The van der Waals surface area contributed by atoms with Crippen molar-refractivity contribution >= 4 is 12.0 Å². The Balaban J connectivity index is 2.02. The topological polar surface area (TPSA) is 57.0 Å². The summed E-state index contributed by atoms with van der Waals surface area (Å²) in [7, 11) is 1.32. The van der Waals surface area contributed by atoms with Crippen LogP contribution in [-0.2, 0) is 16.1 Å². The summed E-state index contributed by atoms with van der Waals surface area (Å²) in [5.41, 5.74) is 1.55. The van der Waals surface area contributed by atoms with Crippen molar-refractivity contribution < 1.29 is 13.9 Å². The molecule has 0 saturated carbocycles. The fraction of sp³-hybridized carbons (Fsp3) is 0.154. The van der Waals surface area contributed by atoms with Gasteiger partial charge in [0.15, 0.2) is 0 Å². The lowest BCUT2D eigenvalue weighted by Crippen LogP contribution is -1.99. The number of aromatic nitrogens is 3. The maximum absolute atomic E-state index is 12.7. The highest BCUT2D eigenvalue weighted by atomic mass is 19.1. The van der Waals surface area contributed by atoms with E-state index in [0.717, 1.165) is 11.3 Å². The number of ether oxygens (including phenoxy) is 1. The molecule has 0 bridgehead atoms. The van der Waals surface area contributed by atoms with Gasteiger partial charge in [0.25, 0.3) is 0 Å². The summed E-state index contributed by atoms with van der Waals surface area (Å²) in [6.45, 7) is 0.442. The number of methoxy groups -OCH3 is 1. The van der Waals surface area contributed by atoms with E-state index in [1.54, 1.807) is 22.9 Å². The van der Waals surface area contributed by atoms with Gasteiger partial charge in [-0.25, -0.2) is 9.78 Å². The van der Waals surface area contributed by atoms with Crippen molar-refractivity contribution in [3.05, 3.63) is 54.1 Å². The molecule has 0 saturated heterocycles. The van der Waals surface area contributed by atoms with Gasteiger partial charge in [-0.1, -0.05) is 6.07 Å². The molecule has 0 spiro atoms. The number of esters is 1. The molecule has 0 aliphatic carbocycles. The van der Waals surface area contributed by atoms with Crippen molar-refractivity contribution in [2.24, 2.45) is 0 Å². The Morgan fingerprint density at radius 1 is 1.47 bits per heavy atom. The third-order valence-corrected chi connectivity index (χ3v) is 2.41. The zero-order valence-electron chi connectivity index (χ0n) is 10.3. The van der Waals surface area contributed by atoms with E-state index in [1.807, 2.05) is 6.07 Å². The molecule has 0 aliphatic heterocycles. The molecule has 0 aromatic carbocycles.